The number of amidine groups is 3. The average Bonchev–Trinajstić information content (AvgIpc) is 1.61. The highest BCUT2D eigenvalue weighted by Crippen LogP contribution is 2.41. The Morgan fingerprint density at radius 1 is 0.462 bits per heavy atom. The molecule has 3 saturated heterocycles. The highest BCUT2D eigenvalue weighted by atomic mass is 16.6. The number of carbonyl (C=O) groups is 6. The van der Waals surface area contributed by atoms with Gasteiger partial charge >= 0.3 is 35.8 Å². The van der Waals surface area contributed by atoms with Crippen LogP contribution in [0.3, 0.4) is 0 Å². The van der Waals surface area contributed by atoms with Crippen LogP contribution in [0.2, 0.25) is 0 Å². The number of hydrogen-bond acceptors (Lipinski definition) is 34. The third kappa shape index (κ3) is 12.8. The molecule has 17 N–H and O–H groups in total. The lowest BCUT2D eigenvalue weighted by molar-refractivity contribution is -0.155. The van der Waals surface area contributed by atoms with Crippen molar-refractivity contribution in [3.8, 4) is 0 Å². The van der Waals surface area contributed by atoms with Gasteiger partial charge in [0.25, 0.3) is 0 Å². The van der Waals surface area contributed by atoms with E-state index in [0.717, 1.165) is 0 Å². The molecule has 12 rings (SSSR count). The third-order valence-electron chi connectivity index (χ3n) is 15.8. The van der Waals surface area contributed by atoms with Crippen molar-refractivity contribution in [1.82, 2.24) is 43.6 Å². The van der Waals surface area contributed by atoms with E-state index in [-0.39, 0.29) is 43.6 Å². The minimum Gasteiger partial charge on any atom is -0.481 e. The van der Waals surface area contributed by atoms with Gasteiger partial charge in [0.2, 0.25) is 0 Å². The van der Waals surface area contributed by atoms with Gasteiger partial charge in [-0.25, -0.2) is 44.9 Å². The van der Waals surface area contributed by atoms with Crippen molar-refractivity contribution in [3.63, 3.8) is 0 Å². The highest BCUT2D eigenvalue weighted by molar-refractivity contribution is 6.15. The molecule has 6 aromatic heterocycles. The normalized spacial score (nSPS) is 26.1. The average molecular weight is 1300 g/mol. The number of ether oxygens (including phenoxy) is 6. The maximum Gasteiger partial charge on any atom is 0.321 e. The van der Waals surface area contributed by atoms with Crippen LogP contribution >= 0.6 is 0 Å². The van der Waals surface area contributed by atoms with Crippen LogP contribution in [-0.2, 0) is 57.2 Å². The number of carbonyl (C=O) groups excluding carboxylic acids is 3. The predicted molar refractivity (Wildman–Crippen MR) is 314 cm³/mol. The van der Waals surface area contributed by atoms with Gasteiger partial charge in [-0.3, -0.25) is 28.8 Å². The molecule has 0 radical (unpaired) electrons. The van der Waals surface area contributed by atoms with Crippen LogP contribution in [0.1, 0.15) is 68.5 Å². The van der Waals surface area contributed by atoms with E-state index in [1.54, 1.807) is 39.7 Å². The molecular formula is C53H65N19O21. The maximum atomic E-state index is 11.8. The topological polar surface area (TPSA) is 583 Å². The zero-order chi connectivity index (χ0) is 67.3. The largest absolute Gasteiger partial charge is 0.481 e. The smallest absolute Gasteiger partial charge is 0.321 e. The van der Waals surface area contributed by atoms with E-state index in [0.29, 0.717) is 67.2 Å². The number of nitrogens with two attached hydrogens (primary N) is 4. The number of esters is 3. The maximum absolute atomic E-state index is 11.8. The molecule has 6 aliphatic heterocycles. The van der Waals surface area contributed by atoms with Crippen molar-refractivity contribution in [2.75, 3.05) is 56.0 Å². The van der Waals surface area contributed by atoms with E-state index >= 15 is 0 Å². The number of aliphatic hydroxyl groups is 6. The molecule has 6 aromatic rings. The van der Waals surface area contributed by atoms with Crippen LogP contribution in [0.5, 0.6) is 0 Å². The SMILES string of the molecule is CC(CC(=O)OC[C@H]1O[C@@H](n2cc3c4c(ncnc42)N(C)N=C3N)[C@@H](O)C1O)C(=O)O.CC(CC(=O)OC[C@H]1O[C@@H](n2cc3c4c(ncnc42)N(C)N=C3N)[C@@H](O)C1O)C(=O)O.CN1N=C(N)c2cn([C@@H]3O[C@H](COC(=O)CC(N)C(=O)O)C(O)[C@@H]3O)c3ncnc1c23. The molecule has 0 bridgehead atoms. The van der Waals surface area contributed by atoms with Crippen molar-refractivity contribution in [1.29, 1.82) is 0 Å². The predicted octanol–water partition coefficient (Wildman–Crippen LogP) is -4.99. The molecule has 15 atom stereocenters. The quantitative estimate of drug-likeness (QED) is 0.0283. The Hall–Kier alpha value is -9.91. The molecule has 3 fully saturated rings. The zero-order valence-electron chi connectivity index (χ0n) is 49.8. The summed E-state index contributed by atoms with van der Waals surface area (Å²) in [6.45, 7) is 1.66. The fourth-order valence-corrected chi connectivity index (χ4v) is 10.8. The van der Waals surface area contributed by atoms with E-state index in [4.69, 9.17) is 66.7 Å². The van der Waals surface area contributed by atoms with E-state index < -0.39 is 140 Å². The summed E-state index contributed by atoms with van der Waals surface area (Å²) in [5.41, 5.74) is 26.3. The minimum atomic E-state index is -1.40. The zero-order valence-corrected chi connectivity index (χ0v) is 49.8. The first-order chi connectivity index (χ1) is 44.1. The van der Waals surface area contributed by atoms with Gasteiger partial charge in [-0.15, -0.1) is 0 Å². The Balaban J connectivity index is 0.000000153. The van der Waals surface area contributed by atoms with E-state index in [2.05, 4.69) is 45.2 Å². The lowest BCUT2D eigenvalue weighted by Gasteiger charge is -2.19. The fraction of sp³-hybridized carbons (Fsp3) is 0.491. The summed E-state index contributed by atoms with van der Waals surface area (Å²) in [5.74, 6) is -5.48. The van der Waals surface area contributed by atoms with Gasteiger partial charge in [-0.1, -0.05) is 13.8 Å². The van der Waals surface area contributed by atoms with Crippen LogP contribution in [0.25, 0.3) is 33.1 Å². The van der Waals surface area contributed by atoms with E-state index in [1.165, 1.54) is 61.6 Å². The van der Waals surface area contributed by atoms with Crippen LogP contribution < -0.4 is 38.0 Å². The summed E-state index contributed by atoms with van der Waals surface area (Å²) in [4.78, 5) is 93.3. The molecule has 6 aliphatic rings. The van der Waals surface area contributed by atoms with Gasteiger partial charge in [0.05, 0.1) is 47.3 Å². The molecule has 40 heteroatoms. The Bertz CT molecular complexity index is 3610. The first-order valence-corrected chi connectivity index (χ1v) is 28.3. The lowest BCUT2D eigenvalue weighted by Crippen LogP contribution is -2.36. The van der Waals surface area contributed by atoms with Crippen molar-refractivity contribution < 1.29 is 103 Å². The number of carboxylic acid groups (broad SMARTS) is 3. The molecule has 12 heterocycles. The first kappa shape index (κ1) is 66.0. The minimum absolute atomic E-state index is 0.224. The summed E-state index contributed by atoms with van der Waals surface area (Å²) in [7, 11) is 5.06. The molecule has 40 nitrogen and oxygen atoms in total. The number of hydrogen-bond donors (Lipinski definition) is 13. The first-order valence-electron chi connectivity index (χ1n) is 28.3. The Morgan fingerprint density at radius 3 is 1.01 bits per heavy atom. The summed E-state index contributed by atoms with van der Waals surface area (Å²) in [6, 6.07) is -1.40. The van der Waals surface area contributed by atoms with Gasteiger partial charge < -0.3 is 111 Å². The number of rotatable bonds is 18. The lowest BCUT2D eigenvalue weighted by atomic mass is 10.1. The van der Waals surface area contributed by atoms with Gasteiger partial charge in [-0.2, -0.15) is 15.3 Å². The number of nitrogens with zero attached hydrogens (tertiary/aromatic N) is 15. The van der Waals surface area contributed by atoms with Crippen LogP contribution in [0, 0.1) is 11.8 Å². The molecule has 498 valence electrons. The van der Waals surface area contributed by atoms with Gasteiger partial charge in [0.15, 0.2) is 53.6 Å². The second-order valence-corrected chi connectivity index (χ2v) is 22.3. The number of aliphatic carboxylic acids is 3. The molecule has 0 aromatic carbocycles. The summed E-state index contributed by atoms with van der Waals surface area (Å²) < 4.78 is 36.9. The third-order valence-corrected chi connectivity index (χ3v) is 15.8. The van der Waals surface area contributed by atoms with Crippen molar-refractivity contribution >= 4 is 104 Å². The van der Waals surface area contributed by atoms with Crippen molar-refractivity contribution in [3.05, 3.63) is 54.3 Å². The van der Waals surface area contributed by atoms with Crippen molar-refractivity contribution in [2.45, 2.75) is 113 Å². The van der Waals surface area contributed by atoms with Crippen LogP contribution in [0.15, 0.2) is 52.9 Å². The highest BCUT2D eigenvalue weighted by Gasteiger charge is 2.48. The second kappa shape index (κ2) is 26.4. The van der Waals surface area contributed by atoms with Crippen LogP contribution in [0.4, 0.5) is 17.5 Å². The molecule has 0 saturated carbocycles. The number of anilines is 3. The molecule has 0 aliphatic carbocycles. The molecule has 0 amide bonds. The Kier molecular flexibility index (Phi) is 18.7. The summed E-state index contributed by atoms with van der Waals surface area (Å²) >= 11 is 0. The van der Waals surface area contributed by atoms with Gasteiger partial charge in [0, 0.05) is 56.4 Å². The Morgan fingerprint density at radius 2 is 0.742 bits per heavy atom. The number of aromatic nitrogens is 9. The molecule has 6 unspecified atom stereocenters. The standard InChI is InChI=1S/2C18H22N6O7.C17H21N7O7/c2*1-7(18(28)29)3-10(25)30-5-9-12(26)13(27)17(31-9)24-4-8-11-15(20-6-21-16(11)24)23(2)22-14(8)19;1-23-14-10-6(13(19)22-23)3-24(15(10)21-5-20-14)16-12(27)11(26)8(31-16)4-30-9(25)2-7(18)17(28)29/h2*4,6-7,9,12-13,17,26-27H,3,5H2,1-2H3,(H2,19,22)(H,28,29);3,5,7-8,11-12,16,26-27H,2,4,18H2,1H3,(H2,19,22)(H,28,29)/t2*7?,9-,12?,13+,17-;7?,8-,11?,12+,16-/m111/s1. The summed E-state index contributed by atoms with van der Waals surface area (Å²) in [5, 5.41) is 108. The van der Waals surface area contributed by atoms with Gasteiger partial charge in [-0.05, 0) is 0 Å². The second-order valence-electron chi connectivity index (χ2n) is 22.3. The van der Waals surface area contributed by atoms with E-state index in [1.807, 2.05) is 0 Å². The molecule has 93 heavy (non-hydrogen) atoms. The van der Waals surface area contributed by atoms with Gasteiger partial charge in [0.1, 0.15) is 117 Å². The Labute approximate surface area is 522 Å². The molecule has 0 spiro atoms. The number of carboxylic acids is 3. The van der Waals surface area contributed by atoms with E-state index in [9.17, 15) is 59.4 Å². The monoisotopic (exact) mass is 1300 g/mol. The number of aliphatic hydroxyl groups excluding tert-OH is 6. The van der Waals surface area contributed by atoms with Crippen LogP contribution in [-0.4, -0.2) is 245 Å². The molecular weight excluding hydrogens is 1240 g/mol. The summed E-state index contributed by atoms with van der Waals surface area (Å²) in [6.07, 6.45) is -6.75. The number of hydrazone groups is 3. The van der Waals surface area contributed by atoms with Crippen molar-refractivity contribution in [2.24, 2.45) is 50.1 Å². The fourth-order valence-electron chi connectivity index (χ4n) is 10.8.